The molecule has 1 aromatic carbocycles. The van der Waals surface area contributed by atoms with Crippen molar-refractivity contribution in [2.24, 2.45) is 5.10 Å². The highest BCUT2D eigenvalue weighted by molar-refractivity contribution is 14.0. The van der Waals surface area contributed by atoms with Gasteiger partial charge in [0.1, 0.15) is 5.84 Å². The summed E-state index contributed by atoms with van der Waals surface area (Å²) in [5.41, 5.74) is 0.859. The van der Waals surface area contributed by atoms with E-state index in [-0.39, 0.29) is 24.0 Å². The van der Waals surface area contributed by atoms with Gasteiger partial charge < -0.3 is 0 Å². The number of nitrogens with zero attached hydrogens (tertiary/aromatic N) is 2. The van der Waals surface area contributed by atoms with Gasteiger partial charge in [-0.1, -0.05) is 36.4 Å². The number of rotatable bonds is 3. The average molecular weight is 329 g/mol. The van der Waals surface area contributed by atoms with E-state index in [1.54, 1.807) is 13.3 Å². The van der Waals surface area contributed by atoms with Crippen molar-refractivity contribution in [1.29, 1.82) is 5.41 Å². The first-order valence-electron chi connectivity index (χ1n) is 4.78. The number of hydrazone groups is 1. The molecule has 1 aromatic rings. The van der Waals surface area contributed by atoms with Crippen molar-refractivity contribution in [2.45, 2.75) is 6.92 Å². The van der Waals surface area contributed by atoms with Crippen molar-refractivity contribution < 1.29 is 0 Å². The van der Waals surface area contributed by atoms with Gasteiger partial charge in [0, 0.05) is 18.8 Å². The summed E-state index contributed by atoms with van der Waals surface area (Å²) >= 11 is 0. The van der Waals surface area contributed by atoms with Gasteiger partial charge in [-0.05, 0) is 13.0 Å². The predicted molar refractivity (Wildman–Crippen MR) is 79.8 cm³/mol. The molecule has 0 radical (unpaired) electrons. The van der Waals surface area contributed by atoms with E-state index >= 15 is 0 Å². The first-order valence-corrected chi connectivity index (χ1v) is 4.78. The van der Waals surface area contributed by atoms with E-state index in [1.807, 2.05) is 49.4 Å². The maximum atomic E-state index is 7.86. The summed E-state index contributed by atoms with van der Waals surface area (Å²) in [4.78, 5) is 0. The highest BCUT2D eigenvalue weighted by Gasteiger charge is 2.03. The van der Waals surface area contributed by atoms with Crippen LogP contribution in [0.1, 0.15) is 12.5 Å². The van der Waals surface area contributed by atoms with Crippen LogP contribution in [-0.2, 0) is 0 Å². The number of benzene rings is 1. The van der Waals surface area contributed by atoms with Crippen LogP contribution in [-0.4, -0.2) is 24.1 Å². The zero-order chi connectivity index (χ0) is 11.1. The third-order valence-electron chi connectivity index (χ3n) is 1.89. The first kappa shape index (κ1) is 14.8. The number of allylic oxidation sites excluding steroid dienone is 2. The van der Waals surface area contributed by atoms with Crippen molar-refractivity contribution in [3.8, 4) is 0 Å². The molecule has 0 bridgehead atoms. The molecule has 1 N–H and O–H groups in total. The molecule has 0 aliphatic rings. The van der Waals surface area contributed by atoms with Gasteiger partial charge in [-0.2, -0.15) is 5.10 Å². The second kappa shape index (κ2) is 8.04. The van der Waals surface area contributed by atoms with Crippen LogP contribution in [0.2, 0.25) is 0 Å². The van der Waals surface area contributed by atoms with Crippen LogP contribution in [0.4, 0.5) is 0 Å². The Balaban J connectivity index is 0.00000225. The summed E-state index contributed by atoms with van der Waals surface area (Å²) in [5.74, 6) is 0.386. The van der Waals surface area contributed by atoms with E-state index in [9.17, 15) is 0 Å². The minimum Gasteiger partial charge on any atom is -0.283 e. The zero-order valence-corrected chi connectivity index (χ0v) is 11.8. The van der Waals surface area contributed by atoms with E-state index in [1.165, 1.54) is 5.01 Å². The molecule has 0 amide bonds. The second-order valence-electron chi connectivity index (χ2n) is 3.03. The summed E-state index contributed by atoms with van der Waals surface area (Å²) < 4.78 is 0. The van der Waals surface area contributed by atoms with Gasteiger partial charge in [0.25, 0.3) is 0 Å². The van der Waals surface area contributed by atoms with E-state index < -0.39 is 0 Å². The first-order chi connectivity index (χ1) is 7.25. The second-order valence-corrected chi connectivity index (χ2v) is 3.03. The van der Waals surface area contributed by atoms with E-state index in [4.69, 9.17) is 5.41 Å². The lowest BCUT2D eigenvalue weighted by Crippen LogP contribution is -2.21. The molecule has 0 atom stereocenters. The fourth-order valence-electron chi connectivity index (χ4n) is 1.07. The fourth-order valence-corrected chi connectivity index (χ4v) is 1.07. The molecule has 0 aliphatic carbocycles. The van der Waals surface area contributed by atoms with Crippen LogP contribution >= 0.6 is 24.0 Å². The molecule has 3 nitrogen and oxygen atoms in total. The van der Waals surface area contributed by atoms with Crippen LogP contribution in [0.3, 0.4) is 0 Å². The average Bonchev–Trinajstić information content (AvgIpc) is 2.29. The highest BCUT2D eigenvalue weighted by atomic mass is 127. The number of amidine groups is 1. The summed E-state index contributed by atoms with van der Waals surface area (Å²) in [7, 11) is 1.76. The van der Waals surface area contributed by atoms with E-state index in [2.05, 4.69) is 5.10 Å². The summed E-state index contributed by atoms with van der Waals surface area (Å²) in [6, 6.07) is 9.54. The maximum absolute atomic E-state index is 7.86. The Bertz CT molecular complexity index is 371. The number of nitrogens with one attached hydrogen (secondary N) is 1. The molecule has 0 saturated heterocycles. The van der Waals surface area contributed by atoms with E-state index in [0.717, 1.165) is 5.56 Å². The Kier molecular flexibility index (Phi) is 7.45. The Morgan fingerprint density at radius 3 is 2.50 bits per heavy atom. The Labute approximate surface area is 113 Å². The largest absolute Gasteiger partial charge is 0.283 e. The monoisotopic (exact) mass is 329 g/mol. The van der Waals surface area contributed by atoms with Crippen molar-refractivity contribution in [1.82, 2.24) is 5.01 Å². The van der Waals surface area contributed by atoms with Crippen molar-refractivity contribution in [3.05, 3.63) is 48.0 Å². The molecule has 0 aromatic heterocycles. The van der Waals surface area contributed by atoms with Gasteiger partial charge in [0.2, 0.25) is 0 Å². The smallest absolute Gasteiger partial charge is 0.148 e. The Morgan fingerprint density at radius 2 is 1.94 bits per heavy atom. The molecule has 16 heavy (non-hydrogen) atoms. The fraction of sp³-hybridized carbons (Fsp3) is 0.167. The van der Waals surface area contributed by atoms with Gasteiger partial charge in [0.05, 0.1) is 0 Å². The van der Waals surface area contributed by atoms with Gasteiger partial charge in [-0.3, -0.25) is 10.4 Å². The van der Waals surface area contributed by atoms with Gasteiger partial charge in [-0.25, -0.2) is 0 Å². The van der Waals surface area contributed by atoms with Crippen LogP contribution in [0, 0.1) is 5.41 Å². The molecule has 1 rings (SSSR count). The zero-order valence-electron chi connectivity index (χ0n) is 9.42. The Hall–Kier alpha value is -1.17. The summed E-state index contributed by atoms with van der Waals surface area (Å²) in [5, 5.41) is 13.5. The third-order valence-corrected chi connectivity index (χ3v) is 1.89. The summed E-state index contributed by atoms with van der Waals surface area (Å²) in [6.45, 7) is 1.93. The Morgan fingerprint density at radius 1 is 1.31 bits per heavy atom. The molecule has 0 aliphatic heterocycles. The molecule has 0 heterocycles. The number of halogens is 1. The van der Waals surface area contributed by atoms with Crippen LogP contribution in [0.5, 0.6) is 0 Å². The molecular formula is C12H16IN3. The van der Waals surface area contributed by atoms with Crippen molar-refractivity contribution >= 4 is 36.0 Å². The lowest BCUT2D eigenvalue weighted by atomic mass is 10.2. The van der Waals surface area contributed by atoms with Gasteiger partial charge >= 0.3 is 0 Å². The van der Waals surface area contributed by atoms with Gasteiger partial charge in [-0.15, -0.1) is 24.0 Å². The van der Waals surface area contributed by atoms with Crippen LogP contribution < -0.4 is 0 Å². The molecule has 0 spiro atoms. The molecule has 4 heteroatoms. The third kappa shape index (κ3) is 4.57. The lowest BCUT2D eigenvalue weighted by Gasteiger charge is -2.13. The molecule has 0 fully saturated rings. The normalized spacial score (nSPS) is 10.4. The maximum Gasteiger partial charge on any atom is 0.148 e. The number of hydrogen-bond acceptors (Lipinski definition) is 2. The van der Waals surface area contributed by atoms with Crippen molar-refractivity contribution in [2.75, 3.05) is 7.05 Å². The molecule has 0 unspecified atom stereocenters. The molecule has 86 valence electrons. The van der Waals surface area contributed by atoms with Crippen LogP contribution in [0.25, 0.3) is 0 Å². The minimum atomic E-state index is 0. The standard InChI is InChI=1S/C12H15N3.HI/c1-3-4-10-14-15(2)12(13)11-8-6-5-7-9-11;/h3-10,13H,1-2H3;1H. The van der Waals surface area contributed by atoms with Crippen molar-refractivity contribution in [3.63, 3.8) is 0 Å². The molecule has 0 saturated carbocycles. The predicted octanol–water partition coefficient (Wildman–Crippen LogP) is 3.12. The SMILES string of the molecule is CC=CC=NN(C)C(=N)c1ccccc1.I. The highest BCUT2D eigenvalue weighted by Crippen LogP contribution is 2.02. The quantitative estimate of drug-likeness (QED) is 0.394. The topological polar surface area (TPSA) is 39.5 Å². The van der Waals surface area contributed by atoms with E-state index in [0.29, 0.717) is 5.84 Å². The van der Waals surface area contributed by atoms with Crippen LogP contribution in [0.15, 0.2) is 47.6 Å². The lowest BCUT2D eigenvalue weighted by molar-refractivity contribution is 0.545. The summed E-state index contributed by atoms with van der Waals surface area (Å²) in [6.07, 6.45) is 5.38. The van der Waals surface area contributed by atoms with Gasteiger partial charge in [0.15, 0.2) is 0 Å². The minimum absolute atomic E-state index is 0. The molecular weight excluding hydrogens is 313 g/mol. The number of hydrogen-bond donors (Lipinski definition) is 1.